The topological polar surface area (TPSA) is 90.7 Å². The molecule has 1 aliphatic rings. The van der Waals surface area contributed by atoms with Crippen molar-refractivity contribution in [3.63, 3.8) is 0 Å². The number of nitrogen functional groups attached to an aromatic ring is 1. The molecule has 18 heavy (non-hydrogen) atoms. The van der Waals surface area contributed by atoms with Gasteiger partial charge < -0.3 is 24.8 Å². The van der Waals surface area contributed by atoms with Crippen LogP contribution in [0, 0.1) is 0 Å². The molecule has 2 aromatic rings. The van der Waals surface area contributed by atoms with Gasteiger partial charge in [0, 0.05) is 12.1 Å². The molecule has 0 unspecified atom stereocenters. The average Bonchev–Trinajstić information content (AvgIpc) is 2.77. The first-order valence-corrected chi connectivity index (χ1v) is 5.58. The highest BCUT2D eigenvalue weighted by Gasteiger charge is 2.25. The van der Waals surface area contributed by atoms with Crippen molar-refractivity contribution in [3.05, 3.63) is 17.2 Å². The lowest BCUT2D eigenvalue weighted by molar-refractivity contribution is 0.171. The van der Waals surface area contributed by atoms with Crippen LogP contribution in [0.1, 0.15) is 0 Å². The van der Waals surface area contributed by atoms with E-state index in [9.17, 15) is 5.11 Å². The molecule has 0 fully saturated rings. The molecule has 6 nitrogen and oxygen atoms in total. The molecular weight excluding hydrogens is 260 g/mol. The number of aromatic hydroxyl groups is 1. The monoisotopic (exact) mass is 268 g/mol. The van der Waals surface area contributed by atoms with Crippen LogP contribution in [0.15, 0.2) is 16.7 Å². The summed E-state index contributed by atoms with van der Waals surface area (Å²) < 4.78 is 15.9. The summed E-state index contributed by atoms with van der Waals surface area (Å²) in [6.45, 7) is 0.802. The van der Waals surface area contributed by atoms with E-state index in [2.05, 4.69) is 5.16 Å². The summed E-state index contributed by atoms with van der Waals surface area (Å²) in [7, 11) is 0. The van der Waals surface area contributed by atoms with Gasteiger partial charge in [-0.15, -0.1) is 0 Å². The standard InChI is InChI=1S/C11H9ClN2O4/c12-10-5(15)3-7-11(17-2-1-16-7)9(10)6-4-8(13)14-18-6/h3-4,15H,1-2H2,(H2,13,14). The number of nitrogens with zero attached hydrogens (tertiary/aromatic N) is 1. The first-order valence-electron chi connectivity index (χ1n) is 5.20. The summed E-state index contributed by atoms with van der Waals surface area (Å²) in [6, 6.07) is 2.90. The van der Waals surface area contributed by atoms with Crippen molar-refractivity contribution in [1.29, 1.82) is 0 Å². The number of halogens is 1. The molecule has 0 atom stereocenters. The molecule has 0 spiro atoms. The summed E-state index contributed by atoms with van der Waals surface area (Å²) in [5.41, 5.74) is 5.88. The number of hydrogen-bond donors (Lipinski definition) is 2. The summed E-state index contributed by atoms with van der Waals surface area (Å²) >= 11 is 6.06. The Morgan fingerprint density at radius 1 is 1.28 bits per heavy atom. The van der Waals surface area contributed by atoms with Gasteiger partial charge in [-0.1, -0.05) is 16.8 Å². The molecule has 3 N–H and O–H groups in total. The Morgan fingerprint density at radius 3 is 2.78 bits per heavy atom. The molecular formula is C11H9ClN2O4. The highest BCUT2D eigenvalue weighted by atomic mass is 35.5. The van der Waals surface area contributed by atoms with Gasteiger partial charge in [0.2, 0.25) is 0 Å². The van der Waals surface area contributed by atoms with Gasteiger partial charge in [-0.25, -0.2) is 0 Å². The van der Waals surface area contributed by atoms with Crippen molar-refractivity contribution in [1.82, 2.24) is 5.16 Å². The molecule has 1 aliphatic heterocycles. The smallest absolute Gasteiger partial charge is 0.174 e. The van der Waals surface area contributed by atoms with E-state index in [1.54, 1.807) is 0 Å². The van der Waals surface area contributed by atoms with Crippen molar-refractivity contribution in [3.8, 4) is 28.6 Å². The number of nitrogens with two attached hydrogens (primary N) is 1. The zero-order chi connectivity index (χ0) is 12.7. The second-order valence-corrected chi connectivity index (χ2v) is 4.10. The summed E-state index contributed by atoms with van der Waals surface area (Å²) in [6.07, 6.45) is 0. The summed E-state index contributed by atoms with van der Waals surface area (Å²) in [5, 5.41) is 13.4. The van der Waals surface area contributed by atoms with Gasteiger partial charge in [0.15, 0.2) is 23.1 Å². The van der Waals surface area contributed by atoms with E-state index < -0.39 is 0 Å². The lowest BCUT2D eigenvalue weighted by Gasteiger charge is -2.21. The van der Waals surface area contributed by atoms with E-state index in [1.807, 2.05) is 0 Å². The van der Waals surface area contributed by atoms with Crippen LogP contribution in [0.25, 0.3) is 11.3 Å². The molecule has 3 rings (SSSR count). The van der Waals surface area contributed by atoms with E-state index in [0.29, 0.717) is 36.0 Å². The zero-order valence-electron chi connectivity index (χ0n) is 9.14. The quantitative estimate of drug-likeness (QED) is 0.823. The van der Waals surface area contributed by atoms with Gasteiger partial charge in [0.05, 0.1) is 10.6 Å². The van der Waals surface area contributed by atoms with Crippen molar-refractivity contribution in [2.75, 3.05) is 18.9 Å². The first-order chi connectivity index (χ1) is 8.66. The normalized spacial score (nSPS) is 13.6. The Kier molecular flexibility index (Phi) is 2.45. The molecule has 0 saturated heterocycles. The van der Waals surface area contributed by atoms with E-state index in [-0.39, 0.29) is 16.6 Å². The van der Waals surface area contributed by atoms with Gasteiger partial charge in [0.25, 0.3) is 0 Å². The third-order valence-corrected chi connectivity index (χ3v) is 2.91. The third-order valence-electron chi connectivity index (χ3n) is 2.53. The third kappa shape index (κ3) is 1.62. The number of rotatable bonds is 1. The van der Waals surface area contributed by atoms with E-state index in [0.717, 1.165) is 0 Å². The SMILES string of the molecule is Nc1cc(-c2c(Cl)c(O)cc3c2OCCO3)on1. The van der Waals surface area contributed by atoms with Crippen LogP contribution < -0.4 is 15.2 Å². The van der Waals surface area contributed by atoms with Crippen LogP contribution in [0.3, 0.4) is 0 Å². The largest absolute Gasteiger partial charge is 0.506 e. The van der Waals surface area contributed by atoms with Crippen molar-refractivity contribution < 1.29 is 19.1 Å². The Hall–Kier alpha value is -2.08. The van der Waals surface area contributed by atoms with Gasteiger partial charge in [-0.05, 0) is 0 Å². The fourth-order valence-electron chi connectivity index (χ4n) is 1.78. The predicted octanol–water partition coefficient (Wildman–Crippen LogP) is 2.05. The molecule has 0 amide bonds. The van der Waals surface area contributed by atoms with Gasteiger partial charge in [-0.3, -0.25) is 0 Å². The maximum Gasteiger partial charge on any atom is 0.174 e. The van der Waals surface area contributed by atoms with Crippen molar-refractivity contribution in [2.45, 2.75) is 0 Å². The second-order valence-electron chi connectivity index (χ2n) is 3.72. The summed E-state index contributed by atoms with van der Waals surface area (Å²) in [5.74, 6) is 1.24. The number of benzene rings is 1. The van der Waals surface area contributed by atoms with Crippen LogP contribution in [-0.4, -0.2) is 23.5 Å². The lowest BCUT2D eigenvalue weighted by atomic mass is 10.1. The number of hydrogen-bond acceptors (Lipinski definition) is 6. The number of ether oxygens (including phenoxy) is 2. The average molecular weight is 269 g/mol. The Labute approximate surface area is 107 Å². The van der Waals surface area contributed by atoms with Crippen LogP contribution in [-0.2, 0) is 0 Å². The molecule has 2 heterocycles. The molecule has 0 aliphatic carbocycles. The Bertz CT molecular complexity index is 611. The maximum absolute atomic E-state index is 9.76. The molecule has 1 aromatic carbocycles. The van der Waals surface area contributed by atoms with Crippen LogP contribution in [0.5, 0.6) is 17.2 Å². The highest BCUT2D eigenvalue weighted by molar-refractivity contribution is 6.35. The second kappa shape index (κ2) is 3.99. The Morgan fingerprint density at radius 2 is 2.06 bits per heavy atom. The number of anilines is 1. The fraction of sp³-hybridized carbons (Fsp3) is 0.182. The first kappa shape index (κ1) is 11.0. The highest BCUT2D eigenvalue weighted by Crippen LogP contribution is 2.48. The molecule has 94 valence electrons. The molecule has 0 saturated carbocycles. The minimum absolute atomic E-state index is 0.107. The van der Waals surface area contributed by atoms with E-state index >= 15 is 0 Å². The predicted molar refractivity (Wildman–Crippen MR) is 64.0 cm³/mol. The number of aromatic nitrogens is 1. The lowest BCUT2D eigenvalue weighted by Crippen LogP contribution is -2.16. The zero-order valence-corrected chi connectivity index (χ0v) is 9.90. The van der Waals surface area contributed by atoms with Crippen molar-refractivity contribution in [2.24, 2.45) is 0 Å². The Balaban J connectivity index is 2.26. The summed E-state index contributed by atoms with van der Waals surface area (Å²) in [4.78, 5) is 0. The van der Waals surface area contributed by atoms with Gasteiger partial charge in [-0.2, -0.15) is 0 Å². The van der Waals surface area contributed by atoms with E-state index in [1.165, 1.54) is 12.1 Å². The number of phenolic OH excluding ortho intramolecular Hbond substituents is 1. The van der Waals surface area contributed by atoms with Gasteiger partial charge in [0.1, 0.15) is 19.0 Å². The molecule has 7 heteroatoms. The number of phenols is 1. The molecule has 0 radical (unpaired) electrons. The molecule has 1 aromatic heterocycles. The minimum Gasteiger partial charge on any atom is -0.506 e. The van der Waals surface area contributed by atoms with E-state index in [4.69, 9.17) is 31.3 Å². The van der Waals surface area contributed by atoms with Crippen LogP contribution in [0.2, 0.25) is 5.02 Å². The number of fused-ring (bicyclic) bond motifs is 1. The molecule has 0 bridgehead atoms. The van der Waals surface area contributed by atoms with Crippen LogP contribution in [0.4, 0.5) is 5.82 Å². The fourth-order valence-corrected chi connectivity index (χ4v) is 2.01. The maximum atomic E-state index is 9.76. The van der Waals surface area contributed by atoms with Crippen LogP contribution >= 0.6 is 11.6 Å². The minimum atomic E-state index is -0.120. The van der Waals surface area contributed by atoms with Crippen molar-refractivity contribution >= 4 is 17.4 Å². The van der Waals surface area contributed by atoms with Gasteiger partial charge >= 0.3 is 0 Å².